The molecule has 4 atom stereocenters. The molecule has 26 heavy (non-hydrogen) atoms. The molecule has 2 aliphatic rings. The quantitative estimate of drug-likeness (QED) is 0.545. The fourth-order valence-corrected chi connectivity index (χ4v) is 4.70. The van der Waals surface area contributed by atoms with Crippen LogP contribution in [-0.4, -0.2) is 62.0 Å². The van der Waals surface area contributed by atoms with E-state index in [1.54, 1.807) is 4.90 Å². The molecule has 0 radical (unpaired) electrons. The average Bonchev–Trinajstić information content (AvgIpc) is 2.81. The summed E-state index contributed by atoms with van der Waals surface area (Å²) in [6.45, 7) is 13.5. The molecule has 8 heteroatoms. The van der Waals surface area contributed by atoms with E-state index in [9.17, 15) is 14.4 Å². The molecular weight excluding hydrogens is 354 g/mol. The molecule has 1 amide bonds. The monoisotopic (exact) mass is 385 g/mol. The Labute approximate surface area is 156 Å². The van der Waals surface area contributed by atoms with Gasteiger partial charge in [-0.25, -0.2) is 0 Å². The number of nitrogens with zero attached hydrogens (tertiary/aromatic N) is 1. The Morgan fingerprint density at radius 1 is 1.08 bits per heavy atom. The van der Waals surface area contributed by atoms with Crippen molar-refractivity contribution in [2.45, 2.75) is 89.9 Å². The van der Waals surface area contributed by atoms with Crippen molar-refractivity contribution in [3.63, 3.8) is 0 Å². The van der Waals surface area contributed by atoms with Crippen molar-refractivity contribution < 1.29 is 28.3 Å². The summed E-state index contributed by atoms with van der Waals surface area (Å²) in [5.41, 5.74) is 0. The molecule has 0 aromatic heterocycles. The van der Waals surface area contributed by atoms with Crippen LogP contribution in [0.15, 0.2) is 0 Å². The lowest BCUT2D eigenvalue weighted by molar-refractivity contribution is -0.190. The normalized spacial score (nSPS) is 29.3. The second kappa shape index (κ2) is 7.30. The molecule has 0 aliphatic carbocycles. The van der Waals surface area contributed by atoms with Crippen LogP contribution in [0.25, 0.3) is 0 Å². The first-order valence-electron chi connectivity index (χ1n) is 9.15. The zero-order valence-corrected chi connectivity index (χ0v) is 17.8. The number of esters is 2. The Bertz CT molecular complexity index is 585. The van der Waals surface area contributed by atoms with Crippen LogP contribution in [0.4, 0.5) is 0 Å². The SMILES string of the molecule is CC(=O)O[C@@H]1[C@@H](O[Si](C)(C)C(C)(C)C)[C@H]2CCC(=O)N2C[C@@H]1OC(C)=O. The largest absolute Gasteiger partial charge is 0.457 e. The summed E-state index contributed by atoms with van der Waals surface area (Å²) in [4.78, 5) is 37.3. The molecule has 2 aliphatic heterocycles. The lowest BCUT2D eigenvalue weighted by Gasteiger charge is -2.49. The van der Waals surface area contributed by atoms with Crippen molar-refractivity contribution in [1.82, 2.24) is 4.90 Å². The third-order valence-electron chi connectivity index (χ3n) is 5.68. The Morgan fingerprint density at radius 3 is 2.15 bits per heavy atom. The van der Waals surface area contributed by atoms with E-state index in [0.29, 0.717) is 12.8 Å². The van der Waals surface area contributed by atoms with Gasteiger partial charge in [-0.15, -0.1) is 0 Å². The summed E-state index contributed by atoms with van der Waals surface area (Å²) in [7, 11) is -2.21. The van der Waals surface area contributed by atoms with E-state index in [1.165, 1.54) is 13.8 Å². The predicted molar refractivity (Wildman–Crippen MR) is 97.9 cm³/mol. The van der Waals surface area contributed by atoms with Crippen molar-refractivity contribution >= 4 is 26.2 Å². The van der Waals surface area contributed by atoms with Crippen LogP contribution in [0.1, 0.15) is 47.5 Å². The summed E-state index contributed by atoms with van der Waals surface area (Å²) in [5.74, 6) is -0.894. The fraction of sp³-hybridized carbons (Fsp3) is 0.833. The van der Waals surface area contributed by atoms with Gasteiger partial charge in [0, 0.05) is 20.3 Å². The Morgan fingerprint density at radius 2 is 1.65 bits per heavy atom. The number of piperidine rings is 1. The number of amides is 1. The second-order valence-corrected chi connectivity index (χ2v) is 13.5. The van der Waals surface area contributed by atoms with Crippen LogP contribution in [0, 0.1) is 0 Å². The third kappa shape index (κ3) is 4.28. The molecule has 148 valence electrons. The van der Waals surface area contributed by atoms with Crippen LogP contribution in [0.5, 0.6) is 0 Å². The smallest absolute Gasteiger partial charge is 0.303 e. The van der Waals surface area contributed by atoms with Gasteiger partial charge in [0.2, 0.25) is 5.91 Å². The molecule has 0 saturated carbocycles. The summed E-state index contributed by atoms with van der Waals surface area (Å²) in [5, 5.41) is -0.0460. The number of carbonyl (C=O) groups is 3. The molecule has 2 rings (SSSR count). The fourth-order valence-electron chi connectivity index (χ4n) is 3.38. The van der Waals surface area contributed by atoms with Gasteiger partial charge in [-0.05, 0) is 24.6 Å². The zero-order valence-electron chi connectivity index (χ0n) is 16.8. The number of ether oxygens (including phenoxy) is 2. The molecule has 2 saturated heterocycles. The van der Waals surface area contributed by atoms with Crippen LogP contribution in [0.2, 0.25) is 18.1 Å². The first-order valence-corrected chi connectivity index (χ1v) is 12.1. The Hall–Kier alpha value is -1.41. The van der Waals surface area contributed by atoms with Gasteiger partial charge in [0.15, 0.2) is 20.5 Å². The van der Waals surface area contributed by atoms with Crippen molar-refractivity contribution in [3.8, 4) is 0 Å². The highest BCUT2D eigenvalue weighted by Gasteiger charge is 2.54. The van der Waals surface area contributed by atoms with Crippen molar-refractivity contribution in [3.05, 3.63) is 0 Å². The maximum Gasteiger partial charge on any atom is 0.303 e. The summed E-state index contributed by atoms with van der Waals surface area (Å²) < 4.78 is 17.6. The lowest BCUT2D eigenvalue weighted by Crippen LogP contribution is -2.65. The predicted octanol–water partition coefficient (Wildman–Crippen LogP) is 2.24. The molecule has 2 heterocycles. The molecule has 2 fully saturated rings. The van der Waals surface area contributed by atoms with E-state index >= 15 is 0 Å². The minimum atomic E-state index is -2.21. The van der Waals surface area contributed by atoms with Gasteiger partial charge in [0.25, 0.3) is 0 Å². The maximum absolute atomic E-state index is 12.3. The number of fused-ring (bicyclic) bond motifs is 1. The highest BCUT2D eigenvalue weighted by Crippen LogP contribution is 2.41. The highest BCUT2D eigenvalue weighted by atomic mass is 28.4. The van der Waals surface area contributed by atoms with E-state index < -0.39 is 38.6 Å². The topological polar surface area (TPSA) is 82.1 Å². The second-order valence-electron chi connectivity index (χ2n) is 8.72. The van der Waals surface area contributed by atoms with Gasteiger partial charge in [0.1, 0.15) is 6.10 Å². The van der Waals surface area contributed by atoms with Crippen LogP contribution < -0.4 is 0 Å². The van der Waals surface area contributed by atoms with E-state index in [1.807, 2.05) is 0 Å². The molecule has 0 aromatic carbocycles. The van der Waals surface area contributed by atoms with Gasteiger partial charge in [0.05, 0.1) is 12.6 Å². The molecule has 0 N–H and O–H groups in total. The first kappa shape index (κ1) is 20.9. The minimum absolute atomic E-state index is 0.0252. The number of rotatable bonds is 4. The average molecular weight is 386 g/mol. The van der Waals surface area contributed by atoms with Gasteiger partial charge in [-0.2, -0.15) is 0 Å². The molecule has 0 unspecified atom stereocenters. The number of carbonyl (C=O) groups excluding carboxylic acids is 3. The third-order valence-corrected chi connectivity index (χ3v) is 10.2. The van der Waals surface area contributed by atoms with E-state index in [0.717, 1.165) is 0 Å². The van der Waals surface area contributed by atoms with Crippen molar-refractivity contribution in [2.24, 2.45) is 0 Å². The standard InChI is InChI=1S/C18H31NO6Si/c1-11(20)23-14-10-19-13(8-9-15(19)22)16(17(14)24-12(2)21)25-26(6,7)18(3,4)5/h13-14,16-17H,8-10H2,1-7H3/t13-,14+,16+,17+/m1/s1. The van der Waals surface area contributed by atoms with Gasteiger partial charge < -0.3 is 18.8 Å². The van der Waals surface area contributed by atoms with E-state index in [2.05, 4.69) is 33.9 Å². The highest BCUT2D eigenvalue weighted by molar-refractivity contribution is 6.74. The summed E-state index contributed by atoms with van der Waals surface area (Å²) in [6, 6.07) is -0.159. The molecule has 0 bridgehead atoms. The Balaban J connectivity index is 2.40. The molecule has 7 nitrogen and oxygen atoms in total. The van der Waals surface area contributed by atoms with Crippen LogP contribution in [0.3, 0.4) is 0 Å². The zero-order chi connectivity index (χ0) is 19.9. The number of hydrogen-bond acceptors (Lipinski definition) is 6. The Kier molecular flexibility index (Phi) is 5.87. The van der Waals surface area contributed by atoms with Gasteiger partial charge in [-0.3, -0.25) is 14.4 Å². The van der Waals surface area contributed by atoms with E-state index in [4.69, 9.17) is 13.9 Å². The van der Waals surface area contributed by atoms with Crippen LogP contribution in [-0.2, 0) is 28.3 Å². The van der Waals surface area contributed by atoms with Crippen LogP contribution >= 0.6 is 0 Å². The lowest BCUT2D eigenvalue weighted by atomic mass is 9.94. The number of hydrogen-bond donors (Lipinski definition) is 0. The summed E-state index contributed by atoms with van der Waals surface area (Å²) in [6.07, 6.45) is -0.837. The van der Waals surface area contributed by atoms with Crippen molar-refractivity contribution in [1.29, 1.82) is 0 Å². The molecule has 0 aromatic rings. The van der Waals surface area contributed by atoms with Gasteiger partial charge in [-0.1, -0.05) is 20.8 Å². The molecular formula is C18H31NO6Si. The maximum atomic E-state index is 12.3. The molecule has 0 spiro atoms. The minimum Gasteiger partial charge on any atom is -0.457 e. The van der Waals surface area contributed by atoms with E-state index in [-0.39, 0.29) is 23.5 Å². The first-order chi connectivity index (χ1) is 11.8. The van der Waals surface area contributed by atoms with Gasteiger partial charge >= 0.3 is 11.9 Å². The summed E-state index contributed by atoms with van der Waals surface area (Å²) >= 11 is 0. The van der Waals surface area contributed by atoms with Crippen molar-refractivity contribution in [2.75, 3.05) is 6.54 Å².